The minimum absolute atomic E-state index is 0.119. The molecule has 0 aliphatic carbocycles. The minimum Gasteiger partial charge on any atom is -0.326 e. The van der Waals surface area contributed by atoms with Crippen LogP contribution in [0.15, 0.2) is 47.6 Å². The Morgan fingerprint density at radius 1 is 1.00 bits per heavy atom. The zero-order valence-corrected chi connectivity index (χ0v) is 19.7. The molecule has 8 nitrogen and oxygen atoms in total. The summed E-state index contributed by atoms with van der Waals surface area (Å²) < 4.78 is 1.55. The zero-order valence-electron chi connectivity index (χ0n) is 18.9. The monoisotopic (exact) mass is 452 g/mol. The molecule has 3 rings (SSSR count). The zero-order chi connectivity index (χ0) is 23.3. The second-order valence-corrected chi connectivity index (χ2v) is 9.00. The molecule has 2 N–H and O–H groups in total. The highest BCUT2D eigenvalue weighted by Gasteiger charge is 2.17. The predicted molar refractivity (Wildman–Crippen MR) is 127 cm³/mol. The van der Waals surface area contributed by atoms with Crippen LogP contribution in [0.3, 0.4) is 0 Å². The van der Waals surface area contributed by atoms with E-state index < -0.39 is 0 Å². The van der Waals surface area contributed by atoms with Gasteiger partial charge in [0.25, 0.3) is 0 Å². The van der Waals surface area contributed by atoms with Crippen molar-refractivity contribution in [2.24, 2.45) is 0 Å². The normalized spacial score (nSPS) is 11.1. The Morgan fingerprint density at radius 2 is 1.66 bits per heavy atom. The van der Waals surface area contributed by atoms with E-state index in [-0.39, 0.29) is 17.6 Å². The summed E-state index contributed by atoms with van der Waals surface area (Å²) in [4.78, 5) is 24.2. The lowest BCUT2D eigenvalue weighted by atomic mass is 9.92. The Balaban J connectivity index is 1.74. The van der Waals surface area contributed by atoms with Crippen LogP contribution in [0.2, 0.25) is 0 Å². The number of anilines is 2. The third-order valence-electron chi connectivity index (χ3n) is 4.82. The Morgan fingerprint density at radius 3 is 2.28 bits per heavy atom. The van der Waals surface area contributed by atoms with E-state index in [0.717, 1.165) is 16.8 Å². The molecule has 3 aromatic rings. The van der Waals surface area contributed by atoms with E-state index >= 15 is 0 Å². The summed E-state index contributed by atoms with van der Waals surface area (Å²) in [6, 6.07) is 13.4. The van der Waals surface area contributed by atoms with Gasteiger partial charge in [0.1, 0.15) is 0 Å². The van der Waals surface area contributed by atoms with Gasteiger partial charge in [-0.05, 0) is 51.6 Å². The SMILES string of the molecule is CC(=O)Nc1cccc(-n2nnnc2SCC(=O)Nc2c(C(C)C)cccc2C(C)C)c1. The minimum atomic E-state index is -0.160. The van der Waals surface area contributed by atoms with Gasteiger partial charge in [-0.1, -0.05) is 63.7 Å². The van der Waals surface area contributed by atoms with Crippen molar-refractivity contribution in [3.63, 3.8) is 0 Å². The van der Waals surface area contributed by atoms with E-state index in [0.29, 0.717) is 28.4 Å². The van der Waals surface area contributed by atoms with Crippen molar-refractivity contribution >= 4 is 35.0 Å². The van der Waals surface area contributed by atoms with E-state index in [1.54, 1.807) is 22.9 Å². The van der Waals surface area contributed by atoms with Crippen LogP contribution in [0.1, 0.15) is 57.6 Å². The molecule has 0 fully saturated rings. The first-order valence-corrected chi connectivity index (χ1v) is 11.5. The number of rotatable bonds is 8. The number of hydrogen-bond acceptors (Lipinski definition) is 6. The topological polar surface area (TPSA) is 102 Å². The van der Waals surface area contributed by atoms with E-state index in [9.17, 15) is 9.59 Å². The second kappa shape index (κ2) is 10.4. The third-order valence-corrected chi connectivity index (χ3v) is 5.74. The molecule has 0 bridgehead atoms. The number of benzene rings is 2. The summed E-state index contributed by atoms with van der Waals surface area (Å²) in [5, 5.41) is 18.2. The van der Waals surface area contributed by atoms with Crippen molar-refractivity contribution in [1.82, 2.24) is 20.2 Å². The van der Waals surface area contributed by atoms with Gasteiger partial charge in [-0.15, -0.1) is 5.10 Å². The van der Waals surface area contributed by atoms with Crippen LogP contribution in [-0.2, 0) is 9.59 Å². The molecule has 0 spiro atoms. The molecule has 0 atom stereocenters. The number of para-hydroxylation sites is 1. The Hall–Kier alpha value is -3.20. The maximum absolute atomic E-state index is 12.8. The van der Waals surface area contributed by atoms with Crippen LogP contribution < -0.4 is 10.6 Å². The average Bonchev–Trinajstić information content (AvgIpc) is 3.20. The molecule has 0 saturated heterocycles. The van der Waals surface area contributed by atoms with Gasteiger partial charge in [0.2, 0.25) is 17.0 Å². The molecule has 0 radical (unpaired) electrons. The molecular formula is C23H28N6O2S. The molecule has 0 unspecified atom stereocenters. The van der Waals surface area contributed by atoms with Gasteiger partial charge in [-0.2, -0.15) is 4.68 Å². The fourth-order valence-electron chi connectivity index (χ4n) is 3.35. The number of amides is 2. The highest BCUT2D eigenvalue weighted by molar-refractivity contribution is 7.99. The number of carbonyl (C=O) groups is 2. The second-order valence-electron chi connectivity index (χ2n) is 8.06. The number of nitrogens with one attached hydrogen (secondary N) is 2. The molecule has 168 valence electrons. The fourth-order valence-corrected chi connectivity index (χ4v) is 4.04. The smallest absolute Gasteiger partial charge is 0.234 e. The largest absolute Gasteiger partial charge is 0.326 e. The summed E-state index contributed by atoms with van der Waals surface area (Å²) in [6.07, 6.45) is 0. The molecule has 0 saturated carbocycles. The van der Waals surface area contributed by atoms with E-state index in [1.807, 2.05) is 12.1 Å². The van der Waals surface area contributed by atoms with Crippen LogP contribution in [0.4, 0.5) is 11.4 Å². The van der Waals surface area contributed by atoms with Crippen LogP contribution in [0, 0.1) is 0 Å². The average molecular weight is 453 g/mol. The standard InChI is InChI=1S/C23H28N6O2S/c1-14(2)19-10-7-11-20(15(3)4)22(19)25-21(31)13-32-23-26-27-28-29(23)18-9-6-8-17(12-18)24-16(5)30/h6-12,14-15H,13H2,1-5H3,(H,24,30)(H,25,31). The summed E-state index contributed by atoms with van der Waals surface area (Å²) in [7, 11) is 0. The quantitative estimate of drug-likeness (QED) is 0.485. The number of carbonyl (C=O) groups excluding carboxylic acids is 2. The highest BCUT2D eigenvalue weighted by atomic mass is 32.2. The molecule has 0 aliphatic heterocycles. The lowest BCUT2D eigenvalue weighted by Gasteiger charge is -2.20. The van der Waals surface area contributed by atoms with Gasteiger partial charge >= 0.3 is 0 Å². The Labute approximate surface area is 192 Å². The molecule has 2 aromatic carbocycles. The van der Waals surface area contributed by atoms with Crippen LogP contribution in [0.5, 0.6) is 0 Å². The molecule has 9 heteroatoms. The number of tetrazole rings is 1. The van der Waals surface area contributed by atoms with Gasteiger partial charge < -0.3 is 10.6 Å². The first-order valence-electron chi connectivity index (χ1n) is 10.5. The molecule has 1 heterocycles. The van der Waals surface area contributed by atoms with Crippen molar-refractivity contribution in [2.75, 3.05) is 16.4 Å². The molecule has 32 heavy (non-hydrogen) atoms. The van der Waals surface area contributed by atoms with Crippen molar-refractivity contribution in [2.45, 2.75) is 51.6 Å². The number of aromatic nitrogens is 4. The van der Waals surface area contributed by atoms with Gasteiger partial charge in [0, 0.05) is 18.3 Å². The predicted octanol–water partition coefficient (Wildman–Crippen LogP) is 4.60. The summed E-state index contributed by atoms with van der Waals surface area (Å²) in [5.74, 6) is 0.467. The van der Waals surface area contributed by atoms with E-state index in [2.05, 4.69) is 66.0 Å². The maximum atomic E-state index is 12.8. The highest BCUT2D eigenvalue weighted by Crippen LogP contribution is 2.32. The fraction of sp³-hybridized carbons (Fsp3) is 0.348. The van der Waals surface area contributed by atoms with Gasteiger partial charge in [-0.25, -0.2) is 0 Å². The molecule has 1 aromatic heterocycles. The number of thioether (sulfide) groups is 1. The van der Waals surface area contributed by atoms with Crippen molar-refractivity contribution in [1.29, 1.82) is 0 Å². The molecular weight excluding hydrogens is 424 g/mol. The Kier molecular flexibility index (Phi) is 7.63. The van der Waals surface area contributed by atoms with Crippen LogP contribution in [-0.4, -0.2) is 37.8 Å². The molecule has 0 aliphatic rings. The number of nitrogens with zero attached hydrogens (tertiary/aromatic N) is 4. The van der Waals surface area contributed by atoms with Crippen molar-refractivity contribution in [3.8, 4) is 5.69 Å². The summed E-state index contributed by atoms with van der Waals surface area (Å²) in [6.45, 7) is 9.92. The summed E-state index contributed by atoms with van der Waals surface area (Å²) in [5.41, 5.74) is 4.47. The van der Waals surface area contributed by atoms with Crippen LogP contribution >= 0.6 is 11.8 Å². The van der Waals surface area contributed by atoms with Crippen molar-refractivity contribution < 1.29 is 9.59 Å². The lowest BCUT2D eigenvalue weighted by molar-refractivity contribution is -0.114. The molecule has 2 amide bonds. The first kappa shape index (κ1) is 23.5. The van der Waals surface area contributed by atoms with Crippen molar-refractivity contribution in [3.05, 3.63) is 53.6 Å². The lowest BCUT2D eigenvalue weighted by Crippen LogP contribution is -2.18. The maximum Gasteiger partial charge on any atom is 0.234 e. The van der Waals surface area contributed by atoms with Gasteiger partial charge in [0.15, 0.2) is 0 Å². The van der Waals surface area contributed by atoms with Crippen LogP contribution in [0.25, 0.3) is 5.69 Å². The van der Waals surface area contributed by atoms with Gasteiger partial charge in [-0.3, -0.25) is 9.59 Å². The first-order chi connectivity index (χ1) is 15.3. The van der Waals surface area contributed by atoms with E-state index in [4.69, 9.17) is 0 Å². The third kappa shape index (κ3) is 5.73. The Bertz CT molecular complexity index is 1080. The van der Waals surface area contributed by atoms with Gasteiger partial charge in [0.05, 0.1) is 11.4 Å². The van der Waals surface area contributed by atoms with E-state index in [1.165, 1.54) is 18.7 Å². The number of hydrogen-bond donors (Lipinski definition) is 2. The summed E-state index contributed by atoms with van der Waals surface area (Å²) >= 11 is 1.25.